The third-order valence-corrected chi connectivity index (χ3v) is 12.3. The average Bonchev–Trinajstić information content (AvgIpc) is 3.83. The Morgan fingerprint density at radius 2 is 0.948 bits per heavy atom. The number of fused-ring (bicyclic) bond motifs is 9. The zero-order valence-corrected chi connectivity index (χ0v) is 31.6. The van der Waals surface area contributed by atoms with Gasteiger partial charge in [0.2, 0.25) is 0 Å². The summed E-state index contributed by atoms with van der Waals surface area (Å²) < 4.78 is 6.63. The van der Waals surface area contributed by atoms with E-state index in [-0.39, 0.29) is 0 Å². The summed E-state index contributed by atoms with van der Waals surface area (Å²) in [5.41, 5.74) is 16.7. The van der Waals surface area contributed by atoms with Gasteiger partial charge in [-0.25, -0.2) is 4.98 Å². The van der Waals surface area contributed by atoms with Crippen LogP contribution in [0.25, 0.3) is 88.3 Å². The lowest BCUT2D eigenvalue weighted by molar-refractivity contribution is 0.669. The van der Waals surface area contributed by atoms with Crippen LogP contribution in [0.1, 0.15) is 22.3 Å². The Kier molecular flexibility index (Phi) is 7.18. The number of benzene rings is 9. The molecule has 2 heterocycles. The van der Waals surface area contributed by atoms with Gasteiger partial charge in [0, 0.05) is 38.1 Å². The van der Waals surface area contributed by atoms with Crippen molar-refractivity contribution < 1.29 is 4.42 Å². The van der Waals surface area contributed by atoms with Crippen LogP contribution in [0.2, 0.25) is 0 Å². The van der Waals surface area contributed by atoms with Gasteiger partial charge in [-0.1, -0.05) is 194 Å². The second-order valence-electron chi connectivity index (χ2n) is 15.3. The first-order chi connectivity index (χ1) is 28.8. The standard InChI is InChI=1S/C56H35NO/c1-4-17-37(18-5-1)51-53-43-24-11-14-29-48(43)57-55(45(53)35-50-54(51)44-25-12-15-30-49(44)58-50)38-33-31-36(32-34-38)41-26-16-28-47-52(41)42-23-10-13-27-46(42)56(47,39-19-6-2-7-20-39)40-21-8-3-9-22-40/h1-35H. The number of hydrogen-bond donors (Lipinski definition) is 0. The van der Waals surface area contributed by atoms with Gasteiger partial charge in [0.1, 0.15) is 11.2 Å². The first-order valence-electron chi connectivity index (χ1n) is 20.0. The summed E-state index contributed by atoms with van der Waals surface area (Å²) in [6.45, 7) is 0. The molecular formula is C56H35NO. The van der Waals surface area contributed by atoms with E-state index in [9.17, 15) is 0 Å². The number of rotatable bonds is 5. The summed E-state index contributed by atoms with van der Waals surface area (Å²) in [5, 5.41) is 5.63. The minimum Gasteiger partial charge on any atom is -0.456 e. The van der Waals surface area contributed by atoms with Crippen LogP contribution in [0.15, 0.2) is 217 Å². The number of hydrogen-bond acceptors (Lipinski definition) is 2. The lowest BCUT2D eigenvalue weighted by Gasteiger charge is -2.34. The monoisotopic (exact) mass is 737 g/mol. The van der Waals surface area contributed by atoms with Gasteiger partial charge in [-0.2, -0.15) is 0 Å². The average molecular weight is 738 g/mol. The smallest absolute Gasteiger partial charge is 0.136 e. The van der Waals surface area contributed by atoms with E-state index in [4.69, 9.17) is 9.40 Å². The molecule has 0 unspecified atom stereocenters. The fourth-order valence-electron chi connectivity index (χ4n) is 9.97. The van der Waals surface area contributed by atoms with Gasteiger partial charge < -0.3 is 4.42 Å². The summed E-state index contributed by atoms with van der Waals surface area (Å²) in [7, 11) is 0. The zero-order valence-electron chi connectivity index (χ0n) is 31.6. The maximum atomic E-state index is 6.63. The molecule has 270 valence electrons. The molecule has 0 saturated carbocycles. The number of para-hydroxylation sites is 2. The van der Waals surface area contributed by atoms with Crippen LogP contribution in [-0.4, -0.2) is 4.98 Å². The van der Waals surface area contributed by atoms with E-state index in [1.54, 1.807) is 0 Å². The van der Waals surface area contributed by atoms with E-state index in [0.717, 1.165) is 55.0 Å². The normalized spacial score (nSPS) is 13.0. The highest BCUT2D eigenvalue weighted by Gasteiger charge is 2.46. The van der Waals surface area contributed by atoms with E-state index in [1.807, 2.05) is 6.07 Å². The van der Waals surface area contributed by atoms with Crippen LogP contribution in [0.4, 0.5) is 0 Å². The van der Waals surface area contributed by atoms with Crippen molar-refractivity contribution >= 4 is 43.6 Å². The van der Waals surface area contributed by atoms with Crippen molar-refractivity contribution in [2.45, 2.75) is 5.41 Å². The molecule has 1 aliphatic carbocycles. The van der Waals surface area contributed by atoms with Crippen LogP contribution in [-0.2, 0) is 5.41 Å². The zero-order chi connectivity index (χ0) is 38.2. The van der Waals surface area contributed by atoms with Gasteiger partial charge in [-0.15, -0.1) is 0 Å². The third-order valence-electron chi connectivity index (χ3n) is 12.3. The Morgan fingerprint density at radius 1 is 0.362 bits per heavy atom. The molecule has 0 bridgehead atoms. The molecule has 0 spiro atoms. The predicted molar refractivity (Wildman–Crippen MR) is 240 cm³/mol. The van der Waals surface area contributed by atoms with Crippen molar-refractivity contribution in [3.05, 3.63) is 235 Å². The second-order valence-corrected chi connectivity index (χ2v) is 15.3. The Labute approximate surface area is 336 Å². The molecule has 0 aliphatic heterocycles. The Morgan fingerprint density at radius 3 is 1.71 bits per heavy atom. The van der Waals surface area contributed by atoms with Crippen molar-refractivity contribution in [1.82, 2.24) is 4.98 Å². The van der Waals surface area contributed by atoms with Gasteiger partial charge in [0.05, 0.1) is 16.6 Å². The Hall–Kier alpha value is -7.55. The van der Waals surface area contributed by atoms with Gasteiger partial charge in [-0.3, -0.25) is 0 Å². The third kappa shape index (κ3) is 4.63. The number of aromatic nitrogens is 1. The maximum Gasteiger partial charge on any atom is 0.136 e. The molecular weight excluding hydrogens is 703 g/mol. The molecule has 0 radical (unpaired) electrons. The highest BCUT2D eigenvalue weighted by molar-refractivity contribution is 6.27. The number of nitrogens with zero attached hydrogens (tertiary/aromatic N) is 1. The minimum absolute atomic E-state index is 0.448. The van der Waals surface area contributed by atoms with Crippen LogP contribution in [0.3, 0.4) is 0 Å². The Bertz CT molecular complexity index is 3320. The molecule has 0 amide bonds. The van der Waals surface area contributed by atoms with Crippen LogP contribution >= 0.6 is 0 Å². The van der Waals surface area contributed by atoms with Crippen LogP contribution < -0.4 is 0 Å². The summed E-state index contributed by atoms with van der Waals surface area (Å²) in [6, 6.07) is 76.7. The van der Waals surface area contributed by atoms with Crippen molar-refractivity contribution in [2.24, 2.45) is 0 Å². The topological polar surface area (TPSA) is 26.0 Å². The Balaban J connectivity index is 1.09. The van der Waals surface area contributed by atoms with Crippen molar-refractivity contribution in [1.29, 1.82) is 0 Å². The van der Waals surface area contributed by atoms with E-state index >= 15 is 0 Å². The molecule has 1 aliphatic rings. The van der Waals surface area contributed by atoms with Crippen LogP contribution in [0.5, 0.6) is 0 Å². The highest BCUT2D eigenvalue weighted by Crippen LogP contribution is 2.58. The predicted octanol–water partition coefficient (Wildman–Crippen LogP) is 14.7. The van der Waals surface area contributed by atoms with E-state index in [0.29, 0.717) is 0 Å². The molecule has 12 rings (SSSR count). The quantitative estimate of drug-likeness (QED) is 0.164. The molecule has 2 aromatic heterocycles. The van der Waals surface area contributed by atoms with Crippen molar-refractivity contribution in [3.8, 4) is 44.6 Å². The highest BCUT2D eigenvalue weighted by atomic mass is 16.3. The van der Waals surface area contributed by atoms with Gasteiger partial charge in [0.25, 0.3) is 0 Å². The lowest BCUT2D eigenvalue weighted by atomic mass is 9.67. The second kappa shape index (κ2) is 12.7. The van der Waals surface area contributed by atoms with E-state index < -0.39 is 5.41 Å². The fourth-order valence-corrected chi connectivity index (χ4v) is 9.97. The number of furan rings is 1. The molecule has 0 fully saturated rings. The molecule has 2 heteroatoms. The summed E-state index contributed by atoms with van der Waals surface area (Å²) in [4.78, 5) is 5.40. The summed E-state index contributed by atoms with van der Waals surface area (Å²) in [5.74, 6) is 0. The first-order valence-corrected chi connectivity index (χ1v) is 20.0. The molecule has 2 nitrogen and oxygen atoms in total. The van der Waals surface area contributed by atoms with Gasteiger partial charge in [-0.05, 0) is 68.3 Å². The van der Waals surface area contributed by atoms with Gasteiger partial charge >= 0.3 is 0 Å². The maximum absolute atomic E-state index is 6.63. The van der Waals surface area contributed by atoms with Crippen molar-refractivity contribution in [3.63, 3.8) is 0 Å². The fraction of sp³-hybridized carbons (Fsp3) is 0.0179. The van der Waals surface area contributed by atoms with E-state index in [1.165, 1.54) is 55.5 Å². The molecule has 0 saturated heterocycles. The largest absolute Gasteiger partial charge is 0.456 e. The van der Waals surface area contributed by atoms with Gasteiger partial charge in [0.15, 0.2) is 0 Å². The number of pyridine rings is 1. The molecule has 58 heavy (non-hydrogen) atoms. The minimum atomic E-state index is -0.448. The molecule has 9 aromatic carbocycles. The SMILES string of the molecule is c1ccc(-c2c3c(cc4c(-c5ccc(-c6cccc7c6-c6ccccc6C7(c6ccccc6)c6ccccc6)cc5)nc5ccccc5c24)oc2ccccc23)cc1. The van der Waals surface area contributed by atoms with Crippen LogP contribution in [0, 0.1) is 0 Å². The first kappa shape index (κ1) is 32.7. The molecule has 11 aromatic rings. The van der Waals surface area contributed by atoms with Crippen molar-refractivity contribution in [2.75, 3.05) is 0 Å². The molecule has 0 N–H and O–H groups in total. The summed E-state index contributed by atoms with van der Waals surface area (Å²) >= 11 is 0. The summed E-state index contributed by atoms with van der Waals surface area (Å²) in [6.07, 6.45) is 0. The molecule has 0 atom stereocenters. The lowest BCUT2D eigenvalue weighted by Crippen LogP contribution is -2.28. The van der Waals surface area contributed by atoms with E-state index in [2.05, 4.69) is 206 Å².